The molecule has 0 aliphatic carbocycles. The van der Waals surface area contributed by atoms with Crippen LogP contribution in [0.1, 0.15) is 43.0 Å². The van der Waals surface area contributed by atoms with Gasteiger partial charge in [0.15, 0.2) is 0 Å². The van der Waals surface area contributed by atoms with E-state index in [4.69, 9.17) is 26.8 Å². The smallest absolute Gasteiger partial charge is 0.340 e. The summed E-state index contributed by atoms with van der Waals surface area (Å²) >= 11 is 6.22. The first-order valence-electron chi connectivity index (χ1n) is 11.1. The molecule has 0 saturated heterocycles. The lowest BCUT2D eigenvalue weighted by molar-refractivity contribution is -0.136. The third-order valence-electron chi connectivity index (χ3n) is 5.51. The number of carbonyl (C=O) groups excluding carboxylic acids is 1. The fourth-order valence-corrected chi connectivity index (χ4v) is 4.22. The van der Waals surface area contributed by atoms with Crippen molar-refractivity contribution in [3.63, 3.8) is 0 Å². The van der Waals surface area contributed by atoms with E-state index >= 15 is 0 Å². The van der Waals surface area contributed by atoms with Gasteiger partial charge in [0.05, 0.1) is 24.9 Å². The van der Waals surface area contributed by atoms with Crippen LogP contribution in [0.3, 0.4) is 0 Å². The minimum atomic E-state index is -0.766. The van der Waals surface area contributed by atoms with Gasteiger partial charge in [-0.15, -0.1) is 0 Å². The number of benzene rings is 1. The number of methoxy groups -OCH3 is 1. The Hall–Kier alpha value is -3.52. The van der Waals surface area contributed by atoms with Crippen molar-refractivity contribution < 1.29 is 14.3 Å². The Bertz CT molecular complexity index is 1250. The van der Waals surface area contributed by atoms with E-state index in [-0.39, 0.29) is 17.0 Å². The standard InChI is InChI=1S/C23H23ClN4O4.C2H6/c1-14-11-17-19(22(29)28(14)9-4-8-27-10-7-26-13-27)18(15-5-3-6-16(24)12-15)20(21(25)32-17)23(30)31-2;1-2/h3,5-7,10-13,18H,4,8-9,25H2,1-2H3;1-2H3. The summed E-state index contributed by atoms with van der Waals surface area (Å²) in [5.41, 5.74) is 7.66. The summed E-state index contributed by atoms with van der Waals surface area (Å²) in [7, 11) is 1.26. The van der Waals surface area contributed by atoms with Gasteiger partial charge < -0.3 is 24.3 Å². The largest absolute Gasteiger partial charge is 0.465 e. The summed E-state index contributed by atoms with van der Waals surface area (Å²) in [5, 5.41) is 0.478. The van der Waals surface area contributed by atoms with Gasteiger partial charge >= 0.3 is 5.97 Å². The number of halogens is 1. The van der Waals surface area contributed by atoms with Crippen molar-refractivity contribution in [1.29, 1.82) is 0 Å². The summed E-state index contributed by atoms with van der Waals surface area (Å²) in [6, 6.07) is 8.76. The van der Waals surface area contributed by atoms with Crippen LogP contribution in [0, 0.1) is 6.92 Å². The van der Waals surface area contributed by atoms with Gasteiger partial charge in [-0.3, -0.25) is 4.79 Å². The van der Waals surface area contributed by atoms with Crippen LogP contribution in [-0.4, -0.2) is 27.2 Å². The lowest BCUT2D eigenvalue weighted by Crippen LogP contribution is -2.35. The molecule has 9 heteroatoms. The van der Waals surface area contributed by atoms with Crippen LogP contribution < -0.4 is 16.0 Å². The molecule has 1 aromatic carbocycles. The highest BCUT2D eigenvalue weighted by molar-refractivity contribution is 6.30. The molecular weight excluding hydrogens is 456 g/mol. The molecule has 3 heterocycles. The molecule has 0 fully saturated rings. The van der Waals surface area contributed by atoms with Gasteiger partial charge in [-0.25, -0.2) is 9.78 Å². The zero-order valence-electron chi connectivity index (χ0n) is 19.7. The van der Waals surface area contributed by atoms with Gasteiger partial charge in [-0.05, 0) is 31.0 Å². The molecule has 1 aliphatic heterocycles. The second-order valence-electron chi connectivity index (χ2n) is 7.53. The Morgan fingerprint density at radius 3 is 2.68 bits per heavy atom. The van der Waals surface area contributed by atoms with Crippen LogP contribution >= 0.6 is 11.6 Å². The average Bonchev–Trinajstić information content (AvgIpc) is 3.34. The van der Waals surface area contributed by atoms with E-state index in [0.717, 1.165) is 18.7 Å². The van der Waals surface area contributed by atoms with Crippen molar-refractivity contribution in [3.05, 3.63) is 92.7 Å². The number of fused-ring (bicyclic) bond motifs is 1. The third-order valence-corrected chi connectivity index (χ3v) is 5.75. The molecule has 0 bridgehead atoms. The van der Waals surface area contributed by atoms with E-state index in [1.54, 1.807) is 47.4 Å². The van der Waals surface area contributed by atoms with E-state index in [0.29, 0.717) is 28.4 Å². The molecule has 180 valence electrons. The van der Waals surface area contributed by atoms with Gasteiger partial charge in [0.1, 0.15) is 11.3 Å². The van der Waals surface area contributed by atoms with Crippen molar-refractivity contribution in [3.8, 4) is 5.75 Å². The molecule has 1 atom stereocenters. The monoisotopic (exact) mass is 484 g/mol. The Morgan fingerprint density at radius 1 is 1.26 bits per heavy atom. The number of rotatable bonds is 6. The molecule has 1 aliphatic rings. The number of aryl methyl sites for hydroxylation is 2. The molecule has 2 N–H and O–H groups in total. The Kier molecular flexibility index (Phi) is 8.17. The van der Waals surface area contributed by atoms with Crippen molar-refractivity contribution in [2.75, 3.05) is 7.11 Å². The minimum Gasteiger partial charge on any atom is -0.465 e. The predicted molar refractivity (Wildman–Crippen MR) is 131 cm³/mol. The van der Waals surface area contributed by atoms with Gasteiger partial charge in [0.25, 0.3) is 5.56 Å². The number of nitrogens with two attached hydrogens (primary N) is 1. The number of esters is 1. The van der Waals surface area contributed by atoms with Gasteiger partial charge in [0, 0.05) is 42.3 Å². The molecule has 0 amide bonds. The van der Waals surface area contributed by atoms with Crippen LogP contribution in [0.25, 0.3) is 0 Å². The fraction of sp³-hybridized carbons (Fsp3) is 0.320. The van der Waals surface area contributed by atoms with Crippen molar-refractivity contribution in [2.24, 2.45) is 5.73 Å². The first-order chi connectivity index (χ1) is 16.4. The lowest BCUT2D eigenvalue weighted by Gasteiger charge is -2.29. The maximum absolute atomic E-state index is 13.7. The van der Waals surface area contributed by atoms with Crippen LogP contribution in [0.5, 0.6) is 5.75 Å². The fourth-order valence-electron chi connectivity index (χ4n) is 4.02. The SMILES string of the molecule is CC.COC(=O)C1=C(N)Oc2cc(C)n(CCCn3ccnc3)c(=O)c2C1c1cccc(Cl)c1. The number of nitrogens with zero attached hydrogens (tertiary/aromatic N) is 3. The zero-order chi connectivity index (χ0) is 24.8. The van der Waals surface area contributed by atoms with Gasteiger partial charge in [0.2, 0.25) is 5.88 Å². The quantitative estimate of drug-likeness (QED) is 0.531. The molecule has 2 aromatic heterocycles. The molecule has 1 unspecified atom stereocenters. The van der Waals surface area contributed by atoms with E-state index < -0.39 is 11.9 Å². The van der Waals surface area contributed by atoms with Crippen LogP contribution in [0.15, 0.2) is 65.3 Å². The lowest BCUT2D eigenvalue weighted by atomic mass is 9.83. The topological polar surface area (TPSA) is 101 Å². The summed E-state index contributed by atoms with van der Waals surface area (Å²) < 4.78 is 14.3. The molecule has 0 saturated carbocycles. The highest BCUT2D eigenvalue weighted by Crippen LogP contribution is 2.41. The zero-order valence-corrected chi connectivity index (χ0v) is 20.5. The summed E-state index contributed by atoms with van der Waals surface area (Å²) in [6.07, 6.45) is 6.05. The van der Waals surface area contributed by atoms with Crippen LogP contribution in [-0.2, 0) is 22.6 Å². The number of carbonyl (C=O) groups is 1. The Balaban J connectivity index is 0.00000158. The number of hydrogen-bond donors (Lipinski definition) is 1. The summed E-state index contributed by atoms with van der Waals surface area (Å²) in [5.74, 6) is -1.19. The number of hydrogen-bond acceptors (Lipinski definition) is 6. The van der Waals surface area contributed by atoms with Crippen molar-refractivity contribution >= 4 is 17.6 Å². The molecule has 34 heavy (non-hydrogen) atoms. The van der Waals surface area contributed by atoms with E-state index in [9.17, 15) is 9.59 Å². The molecule has 4 rings (SSSR count). The predicted octanol–water partition coefficient (Wildman–Crippen LogP) is 3.99. The number of aromatic nitrogens is 3. The number of imidazole rings is 1. The van der Waals surface area contributed by atoms with E-state index in [1.807, 2.05) is 31.5 Å². The average molecular weight is 485 g/mol. The molecular formula is C25H29ClN4O4. The third kappa shape index (κ3) is 5.02. The van der Waals surface area contributed by atoms with Crippen LogP contribution in [0.4, 0.5) is 0 Å². The van der Waals surface area contributed by atoms with Crippen molar-refractivity contribution in [1.82, 2.24) is 14.1 Å². The molecule has 3 aromatic rings. The van der Waals surface area contributed by atoms with Gasteiger partial charge in [-0.1, -0.05) is 37.6 Å². The summed E-state index contributed by atoms with van der Waals surface area (Å²) in [6.45, 7) is 7.05. The normalized spacial score (nSPS) is 14.6. The second kappa shape index (κ2) is 11.1. The Morgan fingerprint density at radius 2 is 2.03 bits per heavy atom. The number of pyridine rings is 1. The highest BCUT2D eigenvalue weighted by atomic mass is 35.5. The molecule has 8 nitrogen and oxygen atoms in total. The van der Waals surface area contributed by atoms with Crippen molar-refractivity contribution in [2.45, 2.75) is 46.2 Å². The van der Waals surface area contributed by atoms with Crippen LogP contribution in [0.2, 0.25) is 5.02 Å². The minimum absolute atomic E-state index is 0.0770. The molecule has 0 spiro atoms. The molecule has 0 radical (unpaired) electrons. The highest BCUT2D eigenvalue weighted by Gasteiger charge is 2.38. The first-order valence-corrected chi connectivity index (χ1v) is 11.5. The Labute approximate surface area is 203 Å². The second-order valence-corrected chi connectivity index (χ2v) is 7.97. The maximum atomic E-state index is 13.7. The maximum Gasteiger partial charge on any atom is 0.340 e. The van der Waals surface area contributed by atoms with E-state index in [2.05, 4.69) is 4.98 Å². The summed E-state index contributed by atoms with van der Waals surface area (Å²) in [4.78, 5) is 30.3. The first kappa shape index (κ1) is 25.1. The van der Waals surface area contributed by atoms with E-state index in [1.165, 1.54) is 7.11 Å². The number of ether oxygens (including phenoxy) is 2. The van der Waals surface area contributed by atoms with Gasteiger partial charge in [-0.2, -0.15) is 0 Å².